The zero-order valence-electron chi connectivity index (χ0n) is 11.0. The molecule has 3 aromatic carbocycles. The number of benzene rings is 3. The molecule has 0 heterocycles. The summed E-state index contributed by atoms with van der Waals surface area (Å²) in [7, 11) is 0. The third-order valence-electron chi connectivity index (χ3n) is 3.29. The van der Waals surface area contributed by atoms with Gasteiger partial charge < -0.3 is 5.11 Å². The highest BCUT2D eigenvalue weighted by atomic mass is 35.5. The van der Waals surface area contributed by atoms with Gasteiger partial charge in [-0.25, -0.2) is 4.39 Å². The van der Waals surface area contributed by atoms with E-state index in [0.29, 0.717) is 16.3 Å². The van der Waals surface area contributed by atoms with Crippen LogP contribution < -0.4 is 0 Å². The summed E-state index contributed by atoms with van der Waals surface area (Å²) < 4.78 is 13.8. The van der Waals surface area contributed by atoms with Gasteiger partial charge in [-0.2, -0.15) is 0 Å². The van der Waals surface area contributed by atoms with Gasteiger partial charge in [-0.1, -0.05) is 41.9 Å². The van der Waals surface area contributed by atoms with Crippen molar-refractivity contribution in [1.29, 1.82) is 0 Å². The molecule has 0 spiro atoms. The standard InChI is InChI=1S/C17H12ClFOS/c18-14-6-3-7-15(19)13(14)10-21-17-9-8-16(20)11-4-1-2-5-12(11)17/h1-9,20H,10H2. The van der Waals surface area contributed by atoms with Crippen LogP contribution in [0.5, 0.6) is 5.75 Å². The number of thioether (sulfide) groups is 1. The number of fused-ring (bicyclic) bond motifs is 1. The van der Waals surface area contributed by atoms with E-state index in [1.54, 1.807) is 18.2 Å². The van der Waals surface area contributed by atoms with Crippen molar-refractivity contribution < 1.29 is 9.50 Å². The van der Waals surface area contributed by atoms with Gasteiger partial charge in [0, 0.05) is 26.6 Å². The lowest BCUT2D eigenvalue weighted by Gasteiger charge is -2.09. The van der Waals surface area contributed by atoms with Gasteiger partial charge in [0.05, 0.1) is 0 Å². The quantitative estimate of drug-likeness (QED) is 0.631. The monoisotopic (exact) mass is 318 g/mol. The summed E-state index contributed by atoms with van der Waals surface area (Å²) >= 11 is 7.55. The molecule has 0 aromatic heterocycles. The first-order chi connectivity index (χ1) is 10.2. The van der Waals surface area contributed by atoms with Crippen LogP contribution in [-0.4, -0.2) is 5.11 Å². The maximum atomic E-state index is 13.8. The first kappa shape index (κ1) is 14.2. The minimum Gasteiger partial charge on any atom is -0.507 e. The van der Waals surface area contributed by atoms with Crippen molar-refractivity contribution in [2.75, 3.05) is 0 Å². The van der Waals surface area contributed by atoms with E-state index in [2.05, 4.69) is 0 Å². The lowest BCUT2D eigenvalue weighted by molar-refractivity contribution is 0.481. The molecular weight excluding hydrogens is 307 g/mol. The minimum atomic E-state index is -0.293. The molecule has 0 amide bonds. The highest BCUT2D eigenvalue weighted by Gasteiger charge is 2.10. The van der Waals surface area contributed by atoms with Crippen LogP contribution in [0.3, 0.4) is 0 Å². The van der Waals surface area contributed by atoms with Crippen LogP contribution in [0.15, 0.2) is 59.5 Å². The third kappa shape index (κ3) is 2.85. The second-order valence-corrected chi connectivity index (χ2v) is 6.04. The minimum absolute atomic E-state index is 0.249. The van der Waals surface area contributed by atoms with Crippen molar-refractivity contribution in [1.82, 2.24) is 0 Å². The lowest BCUT2D eigenvalue weighted by Crippen LogP contribution is -1.89. The van der Waals surface area contributed by atoms with Crippen LogP contribution in [0, 0.1) is 5.82 Å². The Bertz CT molecular complexity index is 784. The Balaban J connectivity index is 1.94. The fourth-order valence-electron chi connectivity index (χ4n) is 2.20. The summed E-state index contributed by atoms with van der Waals surface area (Å²) in [6, 6.07) is 15.8. The number of rotatable bonds is 3. The molecule has 0 aliphatic carbocycles. The first-order valence-electron chi connectivity index (χ1n) is 6.43. The summed E-state index contributed by atoms with van der Waals surface area (Å²) in [6.07, 6.45) is 0. The maximum absolute atomic E-state index is 13.8. The predicted octanol–water partition coefficient (Wildman–Crippen LogP) is 5.63. The smallest absolute Gasteiger partial charge is 0.128 e. The van der Waals surface area contributed by atoms with Crippen molar-refractivity contribution >= 4 is 34.1 Å². The van der Waals surface area contributed by atoms with Gasteiger partial charge in [-0.3, -0.25) is 0 Å². The lowest BCUT2D eigenvalue weighted by atomic mass is 10.1. The Morgan fingerprint density at radius 1 is 0.952 bits per heavy atom. The van der Waals surface area contributed by atoms with Crippen molar-refractivity contribution in [2.45, 2.75) is 10.6 Å². The fourth-order valence-corrected chi connectivity index (χ4v) is 3.60. The molecule has 0 aliphatic heterocycles. The molecule has 0 saturated heterocycles. The summed E-state index contributed by atoms with van der Waals surface area (Å²) in [5.74, 6) is 0.400. The fraction of sp³-hybridized carbons (Fsp3) is 0.0588. The number of phenols is 1. The van der Waals surface area contributed by atoms with Crippen molar-refractivity contribution in [3.8, 4) is 5.75 Å². The largest absolute Gasteiger partial charge is 0.507 e. The summed E-state index contributed by atoms with van der Waals surface area (Å²) in [6.45, 7) is 0. The molecule has 3 aromatic rings. The van der Waals surface area contributed by atoms with Crippen molar-refractivity contribution in [3.63, 3.8) is 0 Å². The normalized spacial score (nSPS) is 11.0. The van der Waals surface area contributed by atoms with Gasteiger partial charge in [0.15, 0.2) is 0 Å². The average molecular weight is 319 g/mol. The van der Waals surface area contributed by atoms with E-state index in [-0.39, 0.29) is 11.6 Å². The average Bonchev–Trinajstić information content (AvgIpc) is 2.49. The molecule has 106 valence electrons. The van der Waals surface area contributed by atoms with Crippen molar-refractivity contribution in [2.24, 2.45) is 0 Å². The molecule has 0 fully saturated rings. The van der Waals surface area contributed by atoms with E-state index in [0.717, 1.165) is 15.7 Å². The van der Waals surface area contributed by atoms with Gasteiger partial charge >= 0.3 is 0 Å². The van der Waals surface area contributed by atoms with E-state index < -0.39 is 0 Å². The SMILES string of the molecule is Oc1ccc(SCc2c(F)cccc2Cl)c2ccccc12. The topological polar surface area (TPSA) is 20.2 Å². The summed E-state index contributed by atoms with van der Waals surface area (Å²) in [5, 5.41) is 12.1. The van der Waals surface area contributed by atoms with Crippen LogP contribution in [0.1, 0.15) is 5.56 Å². The van der Waals surface area contributed by atoms with E-state index >= 15 is 0 Å². The molecule has 0 aliphatic rings. The molecule has 4 heteroatoms. The van der Waals surface area contributed by atoms with Crippen molar-refractivity contribution in [3.05, 3.63) is 71.0 Å². The Labute approximate surface area is 131 Å². The molecule has 1 nitrogen and oxygen atoms in total. The molecule has 0 atom stereocenters. The molecular formula is C17H12ClFOS. The Morgan fingerprint density at radius 2 is 1.71 bits per heavy atom. The zero-order valence-corrected chi connectivity index (χ0v) is 12.6. The van der Waals surface area contributed by atoms with Gasteiger partial charge in [-0.05, 0) is 29.7 Å². The molecule has 21 heavy (non-hydrogen) atoms. The van der Waals surface area contributed by atoms with E-state index in [4.69, 9.17) is 11.6 Å². The molecule has 0 bridgehead atoms. The number of aromatic hydroxyl groups is 1. The van der Waals surface area contributed by atoms with E-state index in [1.165, 1.54) is 17.8 Å². The summed E-state index contributed by atoms with van der Waals surface area (Å²) in [4.78, 5) is 0.989. The van der Waals surface area contributed by atoms with Crippen LogP contribution in [0.25, 0.3) is 10.8 Å². The number of hydrogen-bond donors (Lipinski definition) is 1. The second kappa shape index (κ2) is 5.96. The van der Waals surface area contributed by atoms with Crippen LogP contribution in [0.2, 0.25) is 5.02 Å². The highest BCUT2D eigenvalue weighted by Crippen LogP contribution is 2.36. The summed E-state index contributed by atoms with van der Waals surface area (Å²) in [5.41, 5.74) is 0.501. The Hall–Kier alpha value is -1.71. The van der Waals surface area contributed by atoms with Gasteiger partial charge in [-0.15, -0.1) is 11.8 Å². The van der Waals surface area contributed by atoms with E-state index in [1.807, 2.05) is 30.3 Å². The Kier molecular flexibility index (Phi) is 4.04. The molecule has 1 N–H and O–H groups in total. The number of hydrogen-bond acceptors (Lipinski definition) is 2. The van der Waals surface area contributed by atoms with Crippen LogP contribution in [0.4, 0.5) is 4.39 Å². The maximum Gasteiger partial charge on any atom is 0.128 e. The molecule has 0 unspecified atom stereocenters. The highest BCUT2D eigenvalue weighted by molar-refractivity contribution is 7.98. The molecule has 0 saturated carbocycles. The van der Waals surface area contributed by atoms with Gasteiger partial charge in [0.25, 0.3) is 0 Å². The number of halogens is 2. The first-order valence-corrected chi connectivity index (χ1v) is 7.79. The second-order valence-electron chi connectivity index (χ2n) is 4.62. The molecule has 3 rings (SSSR count). The number of phenolic OH excluding ortho intramolecular Hbond substituents is 1. The van der Waals surface area contributed by atoms with Gasteiger partial charge in [0.1, 0.15) is 11.6 Å². The van der Waals surface area contributed by atoms with Crippen LogP contribution >= 0.6 is 23.4 Å². The molecule has 0 radical (unpaired) electrons. The van der Waals surface area contributed by atoms with Crippen LogP contribution in [-0.2, 0) is 5.75 Å². The van der Waals surface area contributed by atoms with Gasteiger partial charge in [0.2, 0.25) is 0 Å². The Morgan fingerprint density at radius 3 is 2.48 bits per heavy atom. The zero-order chi connectivity index (χ0) is 14.8. The third-order valence-corrected chi connectivity index (χ3v) is 4.75. The predicted molar refractivity (Wildman–Crippen MR) is 86.6 cm³/mol. The van der Waals surface area contributed by atoms with E-state index in [9.17, 15) is 9.50 Å².